The van der Waals surface area contributed by atoms with Crippen molar-refractivity contribution in [1.29, 1.82) is 0 Å². The van der Waals surface area contributed by atoms with E-state index in [1.54, 1.807) is 0 Å². The van der Waals surface area contributed by atoms with Crippen molar-refractivity contribution >= 4 is 0 Å². The SMILES string of the molecule is CC[C@H]1[C@H](O)CC[C@]2(C)[C@H]3CC[C@@]4(C)[C@@H](CCC45OCC(C)(C)CO5)[C@@H]3CC[C@@H]12. The molecule has 1 saturated heterocycles. The summed E-state index contributed by atoms with van der Waals surface area (Å²) in [5.74, 6) is 3.31. The molecule has 0 aromatic heterocycles. The van der Waals surface area contributed by atoms with Crippen molar-refractivity contribution in [2.24, 2.45) is 45.8 Å². The fraction of sp³-hybridized carbons (Fsp3) is 1.00. The molecule has 5 fully saturated rings. The van der Waals surface area contributed by atoms with Gasteiger partial charge in [-0.15, -0.1) is 0 Å². The maximum absolute atomic E-state index is 10.7. The molecule has 0 unspecified atom stereocenters. The zero-order valence-corrected chi connectivity index (χ0v) is 19.5. The predicted molar refractivity (Wildman–Crippen MR) is 115 cm³/mol. The summed E-state index contributed by atoms with van der Waals surface area (Å²) in [4.78, 5) is 0. The van der Waals surface area contributed by atoms with Crippen LogP contribution in [0.3, 0.4) is 0 Å². The average Bonchev–Trinajstić information content (AvgIpc) is 2.97. The Morgan fingerprint density at radius 2 is 1.48 bits per heavy atom. The molecule has 5 rings (SSSR count). The van der Waals surface area contributed by atoms with Gasteiger partial charge in [-0.3, -0.25) is 0 Å². The van der Waals surface area contributed by atoms with E-state index in [4.69, 9.17) is 9.47 Å². The van der Waals surface area contributed by atoms with Gasteiger partial charge in [0, 0.05) is 17.3 Å². The van der Waals surface area contributed by atoms with Crippen molar-refractivity contribution in [3.63, 3.8) is 0 Å². The zero-order valence-electron chi connectivity index (χ0n) is 19.5. The lowest BCUT2D eigenvalue weighted by Gasteiger charge is -2.63. The highest BCUT2D eigenvalue weighted by atomic mass is 16.7. The quantitative estimate of drug-likeness (QED) is 0.601. The van der Waals surface area contributed by atoms with Gasteiger partial charge < -0.3 is 14.6 Å². The number of hydrogen-bond donors (Lipinski definition) is 1. The van der Waals surface area contributed by atoms with Crippen LogP contribution in [0.25, 0.3) is 0 Å². The largest absolute Gasteiger partial charge is 0.393 e. The van der Waals surface area contributed by atoms with Gasteiger partial charge >= 0.3 is 0 Å². The van der Waals surface area contributed by atoms with Crippen molar-refractivity contribution in [3.05, 3.63) is 0 Å². The first-order valence-electron chi connectivity index (χ1n) is 12.6. The Bertz CT molecular complexity index is 634. The van der Waals surface area contributed by atoms with Crippen LogP contribution in [0.15, 0.2) is 0 Å². The predicted octanol–water partition coefficient (Wildman–Crippen LogP) is 5.80. The summed E-state index contributed by atoms with van der Waals surface area (Å²) in [6.07, 6.45) is 10.9. The molecule has 1 heterocycles. The summed E-state index contributed by atoms with van der Waals surface area (Å²) in [5.41, 5.74) is 0.739. The van der Waals surface area contributed by atoms with E-state index in [2.05, 4.69) is 34.6 Å². The Kier molecular flexibility index (Phi) is 4.79. The lowest BCUT2D eigenvalue weighted by molar-refractivity contribution is -0.348. The van der Waals surface area contributed by atoms with Gasteiger partial charge in [-0.1, -0.05) is 41.0 Å². The van der Waals surface area contributed by atoms with Gasteiger partial charge in [-0.25, -0.2) is 0 Å². The minimum atomic E-state index is -0.329. The van der Waals surface area contributed by atoms with E-state index in [0.717, 1.165) is 56.1 Å². The van der Waals surface area contributed by atoms with Crippen LogP contribution in [0.1, 0.15) is 92.4 Å². The van der Waals surface area contributed by atoms with Crippen molar-refractivity contribution < 1.29 is 14.6 Å². The second-order valence-electron chi connectivity index (χ2n) is 12.7. The van der Waals surface area contributed by atoms with Crippen LogP contribution in [0.2, 0.25) is 0 Å². The molecule has 1 aliphatic heterocycles. The fourth-order valence-corrected chi connectivity index (χ4v) is 9.20. The molecule has 5 aliphatic rings. The molecule has 29 heavy (non-hydrogen) atoms. The van der Waals surface area contributed by atoms with Crippen LogP contribution in [0.4, 0.5) is 0 Å². The number of hydrogen-bond acceptors (Lipinski definition) is 3. The second-order valence-corrected chi connectivity index (χ2v) is 12.7. The van der Waals surface area contributed by atoms with Gasteiger partial charge in [0.15, 0.2) is 5.79 Å². The third-order valence-corrected chi connectivity index (χ3v) is 10.8. The van der Waals surface area contributed by atoms with Crippen molar-refractivity contribution in [3.8, 4) is 0 Å². The standard InChI is InChI=1S/C26H44O3/c1-6-17-19-8-7-18-20(24(19,4)12-11-22(17)27)9-13-25(5)21(18)10-14-26(25)28-15-23(2,3)16-29-26/h17-22,27H,6-16H2,1-5H3/t17-,18-,19+,20+,21+,22-,24+,25+/m1/s1. The van der Waals surface area contributed by atoms with E-state index in [-0.39, 0.29) is 22.7 Å². The molecule has 4 aliphatic carbocycles. The molecule has 3 nitrogen and oxygen atoms in total. The summed E-state index contributed by atoms with van der Waals surface area (Å²) >= 11 is 0. The van der Waals surface area contributed by atoms with Crippen LogP contribution in [-0.2, 0) is 9.47 Å². The van der Waals surface area contributed by atoms with E-state index in [1.165, 1.54) is 38.5 Å². The molecule has 0 bridgehead atoms. The Morgan fingerprint density at radius 3 is 2.17 bits per heavy atom. The van der Waals surface area contributed by atoms with Crippen molar-refractivity contribution in [2.45, 2.75) is 104 Å². The van der Waals surface area contributed by atoms with Crippen molar-refractivity contribution in [1.82, 2.24) is 0 Å². The highest BCUT2D eigenvalue weighted by Crippen LogP contribution is 2.70. The molecule has 8 atom stereocenters. The second kappa shape index (κ2) is 6.69. The topological polar surface area (TPSA) is 38.7 Å². The molecule has 166 valence electrons. The number of rotatable bonds is 1. The molecule has 1 N–H and O–H groups in total. The van der Waals surface area contributed by atoms with Gasteiger partial charge in [0.25, 0.3) is 0 Å². The first kappa shape index (κ1) is 20.8. The lowest BCUT2D eigenvalue weighted by atomic mass is 9.43. The summed E-state index contributed by atoms with van der Waals surface area (Å²) in [5, 5.41) is 10.7. The Labute approximate surface area is 178 Å². The first-order valence-corrected chi connectivity index (χ1v) is 12.6. The van der Waals surface area contributed by atoms with Crippen LogP contribution in [0, 0.1) is 45.8 Å². The van der Waals surface area contributed by atoms with E-state index < -0.39 is 0 Å². The summed E-state index contributed by atoms with van der Waals surface area (Å²) in [6.45, 7) is 13.6. The fourth-order valence-electron chi connectivity index (χ4n) is 9.20. The van der Waals surface area contributed by atoms with Crippen molar-refractivity contribution in [2.75, 3.05) is 13.2 Å². The van der Waals surface area contributed by atoms with Gasteiger partial charge in [0.05, 0.1) is 19.3 Å². The smallest absolute Gasteiger partial charge is 0.173 e. The summed E-state index contributed by atoms with van der Waals surface area (Å²) in [6, 6.07) is 0. The van der Waals surface area contributed by atoms with E-state index in [9.17, 15) is 5.11 Å². The molecule has 0 radical (unpaired) electrons. The average molecular weight is 405 g/mol. The van der Waals surface area contributed by atoms with Crippen LogP contribution in [0.5, 0.6) is 0 Å². The van der Waals surface area contributed by atoms with Crippen LogP contribution in [-0.4, -0.2) is 30.2 Å². The highest BCUT2D eigenvalue weighted by Gasteiger charge is 2.67. The lowest BCUT2D eigenvalue weighted by Crippen LogP contribution is -2.61. The number of fused-ring (bicyclic) bond motifs is 6. The summed E-state index contributed by atoms with van der Waals surface area (Å²) < 4.78 is 13.2. The molecule has 0 aromatic rings. The monoisotopic (exact) mass is 404 g/mol. The number of aliphatic hydroxyl groups is 1. The summed E-state index contributed by atoms with van der Waals surface area (Å²) in [7, 11) is 0. The van der Waals surface area contributed by atoms with E-state index >= 15 is 0 Å². The third kappa shape index (κ3) is 2.79. The van der Waals surface area contributed by atoms with Gasteiger partial charge in [0.2, 0.25) is 0 Å². The number of ether oxygens (including phenoxy) is 2. The number of aliphatic hydroxyl groups excluding tert-OH is 1. The zero-order chi connectivity index (χ0) is 20.7. The molecule has 4 saturated carbocycles. The van der Waals surface area contributed by atoms with Crippen LogP contribution >= 0.6 is 0 Å². The normalized spacial score (nSPS) is 53.2. The minimum absolute atomic E-state index is 0.0642. The van der Waals surface area contributed by atoms with Gasteiger partial charge in [-0.2, -0.15) is 0 Å². The van der Waals surface area contributed by atoms with E-state index in [0.29, 0.717) is 11.3 Å². The van der Waals surface area contributed by atoms with Gasteiger partial charge in [0.1, 0.15) is 0 Å². The highest BCUT2D eigenvalue weighted by molar-refractivity contribution is 5.13. The molecule has 0 aromatic carbocycles. The Morgan fingerprint density at radius 1 is 0.793 bits per heavy atom. The molecular weight excluding hydrogens is 360 g/mol. The van der Waals surface area contributed by atoms with Crippen LogP contribution < -0.4 is 0 Å². The maximum atomic E-state index is 10.7. The van der Waals surface area contributed by atoms with E-state index in [1.807, 2.05) is 0 Å². The van der Waals surface area contributed by atoms with Gasteiger partial charge in [-0.05, 0) is 80.0 Å². The molecule has 0 amide bonds. The Balaban J connectivity index is 1.41. The maximum Gasteiger partial charge on any atom is 0.173 e. The minimum Gasteiger partial charge on any atom is -0.393 e. The molecule has 3 heteroatoms. The molecule has 1 spiro atoms. The molecular formula is C26H44O3. The Hall–Kier alpha value is -0.120. The third-order valence-electron chi connectivity index (χ3n) is 10.8. The first-order chi connectivity index (χ1) is 13.7.